The summed E-state index contributed by atoms with van der Waals surface area (Å²) in [6.07, 6.45) is -4.69. The molecule has 0 aliphatic carbocycles. The summed E-state index contributed by atoms with van der Waals surface area (Å²) >= 11 is 0. The Kier molecular flexibility index (Phi) is 6.59. The molecule has 39 heavy (non-hydrogen) atoms. The number of carboxylic acids is 1. The molecule has 11 heteroatoms. The fourth-order valence-electron chi connectivity index (χ4n) is 5.13. The number of aliphatic carboxylic acids is 1. The third-order valence-corrected chi connectivity index (χ3v) is 8.92. The summed E-state index contributed by atoms with van der Waals surface area (Å²) in [6, 6.07) is 16.6. The van der Waals surface area contributed by atoms with Crippen LogP contribution in [0.25, 0.3) is 21.9 Å². The molecule has 7 nitrogen and oxygen atoms in total. The van der Waals surface area contributed by atoms with E-state index in [0.29, 0.717) is 4.57 Å². The Morgan fingerprint density at radius 2 is 1.69 bits per heavy atom. The Balaban J connectivity index is 1.88. The van der Waals surface area contributed by atoms with E-state index in [1.54, 1.807) is 12.1 Å². The van der Waals surface area contributed by atoms with Crippen LogP contribution in [0, 0.1) is 0 Å². The number of fused-ring (bicyclic) bond motifs is 2. The van der Waals surface area contributed by atoms with E-state index >= 15 is 0 Å². The van der Waals surface area contributed by atoms with E-state index in [0.717, 1.165) is 44.9 Å². The van der Waals surface area contributed by atoms with Crippen LogP contribution >= 0.6 is 0 Å². The molecule has 3 aromatic carbocycles. The highest BCUT2D eigenvalue weighted by Crippen LogP contribution is 2.40. The van der Waals surface area contributed by atoms with Crippen molar-refractivity contribution in [2.45, 2.75) is 30.6 Å². The molecular weight excluding hydrogens is 533 g/mol. The number of hydrogen-bond donors (Lipinski definition) is 1. The fraction of sp³-hybridized carbons (Fsp3) is 0.214. The standard InChI is InChI=1S/C28H23F3N2O5S/c1-2-32-16-23(27(35)36)33-24(34)15-20(13-18-9-5-8-17-7-3-4-12-22(17)18)25(26(33)39(32,37)38)19-10-6-11-21(14-19)28(29,30)31/h3-12,14-15,23H,2,13,16H2,1H3,(H,35,36)/t23-/m1/s1. The molecule has 0 amide bonds. The van der Waals surface area contributed by atoms with Crippen LogP contribution < -0.4 is 5.56 Å². The minimum absolute atomic E-state index is 0.0232. The number of alkyl halides is 3. The van der Waals surface area contributed by atoms with Crippen molar-refractivity contribution in [3.8, 4) is 11.1 Å². The van der Waals surface area contributed by atoms with Gasteiger partial charge in [0.25, 0.3) is 15.6 Å². The minimum Gasteiger partial charge on any atom is -0.480 e. The van der Waals surface area contributed by atoms with Crippen molar-refractivity contribution in [3.63, 3.8) is 0 Å². The van der Waals surface area contributed by atoms with Gasteiger partial charge in [0.15, 0.2) is 5.03 Å². The SMILES string of the molecule is CCN1C[C@H](C(=O)O)n2c(c(-c3cccc(C(F)(F)F)c3)c(Cc3cccc4ccccc34)cc2=O)S1(=O)=O. The lowest BCUT2D eigenvalue weighted by Crippen LogP contribution is -2.49. The zero-order chi connectivity index (χ0) is 28.1. The summed E-state index contributed by atoms with van der Waals surface area (Å²) in [6.45, 7) is 0.954. The topological polar surface area (TPSA) is 96.7 Å². The van der Waals surface area contributed by atoms with Gasteiger partial charge in [-0.3, -0.25) is 9.36 Å². The Morgan fingerprint density at radius 3 is 2.38 bits per heavy atom. The van der Waals surface area contributed by atoms with E-state index in [-0.39, 0.29) is 29.7 Å². The first-order valence-corrected chi connectivity index (χ1v) is 13.5. The molecule has 202 valence electrons. The lowest BCUT2D eigenvalue weighted by atomic mass is 9.93. The third-order valence-electron chi connectivity index (χ3n) is 6.94. The summed E-state index contributed by atoms with van der Waals surface area (Å²) in [5.41, 5.74) is -1.18. The number of sulfonamides is 1. The van der Waals surface area contributed by atoms with E-state index < -0.39 is 50.9 Å². The van der Waals surface area contributed by atoms with Gasteiger partial charge < -0.3 is 5.11 Å². The normalized spacial score (nSPS) is 17.2. The Morgan fingerprint density at radius 1 is 1.00 bits per heavy atom. The Labute approximate surface area is 221 Å². The van der Waals surface area contributed by atoms with Crippen LogP contribution in [0.5, 0.6) is 0 Å². The molecule has 4 aromatic rings. The first kappa shape index (κ1) is 26.6. The number of hydrogen-bond acceptors (Lipinski definition) is 4. The predicted molar refractivity (Wildman–Crippen MR) is 139 cm³/mol. The molecule has 1 N–H and O–H groups in total. The first-order chi connectivity index (χ1) is 18.4. The minimum atomic E-state index is -4.71. The fourth-order valence-corrected chi connectivity index (χ4v) is 7.03. The lowest BCUT2D eigenvalue weighted by molar-refractivity contribution is -0.141. The molecule has 0 saturated carbocycles. The summed E-state index contributed by atoms with van der Waals surface area (Å²) < 4.78 is 70.3. The van der Waals surface area contributed by atoms with Gasteiger partial charge in [-0.15, -0.1) is 0 Å². The highest BCUT2D eigenvalue weighted by atomic mass is 32.2. The summed E-state index contributed by atoms with van der Waals surface area (Å²) in [5, 5.41) is 11.0. The molecule has 1 aliphatic rings. The molecule has 0 bridgehead atoms. The number of nitrogens with zero attached hydrogens (tertiary/aromatic N) is 2. The Bertz CT molecular complexity index is 1780. The molecule has 5 rings (SSSR count). The van der Waals surface area contributed by atoms with Gasteiger partial charge >= 0.3 is 12.1 Å². The van der Waals surface area contributed by atoms with Gasteiger partial charge in [-0.2, -0.15) is 17.5 Å². The summed E-state index contributed by atoms with van der Waals surface area (Å²) in [5.74, 6) is -1.43. The quantitative estimate of drug-likeness (QED) is 0.376. The van der Waals surface area contributed by atoms with Crippen molar-refractivity contribution in [1.29, 1.82) is 0 Å². The Hall–Kier alpha value is -3.96. The molecule has 1 atom stereocenters. The average molecular weight is 557 g/mol. The predicted octanol–water partition coefficient (Wildman–Crippen LogP) is 4.93. The average Bonchev–Trinajstić information content (AvgIpc) is 2.88. The van der Waals surface area contributed by atoms with Gasteiger partial charge in [-0.1, -0.05) is 61.5 Å². The van der Waals surface area contributed by atoms with E-state index in [9.17, 15) is 36.3 Å². The number of aromatic nitrogens is 1. The van der Waals surface area contributed by atoms with Crippen LogP contribution in [0.4, 0.5) is 13.2 Å². The van der Waals surface area contributed by atoms with Gasteiger partial charge in [0.1, 0.15) is 6.04 Å². The molecular formula is C28H23F3N2O5S. The van der Waals surface area contributed by atoms with Crippen LogP contribution in [0.15, 0.2) is 82.6 Å². The van der Waals surface area contributed by atoms with E-state index in [1.807, 2.05) is 30.3 Å². The second-order valence-electron chi connectivity index (χ2n) is 9.26. The monoisotopic (exact) mass is 556 g/mol. The second kappa shape index (κ2) is 9.65. The number of benzene rings is 3. The first-order valence-electron chi connectivity index (χ1n) is 12.1. The number of carbonyl (C=O) groups is 1. The van der Waals surface area contributed by atoms with Crippen molar-refractivity contribution >= 4 is 26.8 Å². The second-order valence-corrected chi connectivity index (χ2v) is 11.1. The molecule has 1 aliphatic heterocycles. The van der Waals surface area contributed by atoms with Gasteiger partial charge in [-0.05, 0) is 46.0 Å². The molecule has 0 spiro atoms. The number of rotatable bonds is 5. The van der Waals surface area contributed by atoms with Crippen molar-refractivity contribution < 1.29 is 31.5 Å². The van der Waals surface area contributed by atoms with Crippen molar-refractivity contribution in [2.24, 2.45) is 0 Å². The summed E-state index contributed by atoms with van der Waals surface area (Å²) in [7, 11) is -4.45. The van der Waals surface area contributed by atoms with Crippen molar-refractivity contribution in [2.75, 3.05) is 13.1 Å². The molecule has 0 unspecified atom stereocenters. The number of pyridine rings is 1. The molecule has 0 fully saturated rings. The van der Waals surface area contributed by atoms with Crippen LogP contribution in [-0.4, -0.2) is 41.5 Å². The maximum Gasteiger partial charge on any atom is 0.416 e. The van der Waals surface area contributed by atoms with E-state index in [2.05, 4.69) is 0 Å². The van der Waals surface area contributed by atoms with Crippen LogP contribution in [0.3, 0.4) is 0 Å². The maximum atomic E-state index is 13.8. The highest BCUT2D eigenvalue weighted by molar-refractivity contribution is 7.89. The number of carboxylic acid groups (broad SMARTS) is 1. The van der Waals surface area contributed by atoms with Crippen LogP contribution in [-0.2, 0) is 27.4 Å². The summed E-state index contributed by atoms with van der Waals surface area (Å²) in [4.78, 5) is 25.6. The molecule has 0 radical (unpaired) electrons. The lowest BCUT2D eigenvalue weighted by Gasteiger charge is -2.34. The van der Waals surface area contributed by atoms with Gasteiger partial charge in [0.05, 0.1) is 5.56 Å². The zero-order valence-corrected chi connectivity index (χ0v) is 21.5. The smallest absolute Gasteiger partial charge is 0.416 e. The van der Waals surface area contributed by atoms with E-state index in [4.69, 9.17) is 0 Å². The largest absolute Gasteiger partial charge is 0.480 e. The van der Waals surface area contributed by atoms with Crippen LogP contribution in [0.1, 0.15) is 29.7 Å². The van der Waals surface area contributed by atoms with Crippen molar-refractivity contribution in [3.05, 3.63) is 99.8 Å². The molecule has 1 aromatic heterocycles. The van der Waals surface area contributed by atoms with Crippen LogP contribution in [0.2, 0.25) is 0 Å². The third kappa shape index (κ3) is 4.61. The van der Waals surface area contributed by atoms with Gasteiger partial charge in [0.2, 0.25) is 0 Å². The van der Waals surface area contributed by atoms with Gasteiger partial charge in [0, 0.05) is 24.7 Å². The zero-order valence-electron chi connectivity index (χ0n) is 20.6. The van der Waals surface area contributed by atoms with Crippen molar-refractivity contribution in [1.82, 2.24) is 8.87 Å². The van der Waals surface area contributed by atoms with Gasteiger partial charge in [-0.25, -0.2) is 13.2 Å². The highest BCUT2D eigenvalue weighted by Gasteiger charge is 2.43. The van der Waals surface area contributed by atoms with E-state index in [1.165, 1.54) is 13.0 Å². The number of halogens is 3. The molecule has 2 heterocycles. The molecule has 0 saturated heterocycles. The number of likely N-dealkylation sites (N-methyl/N-ethyl adjacent to an activating group) is 1. The maximum absolute atomic E-state index is 13.8.